The summed E-state index contributed by atoms with van der Waals surface area (Å²) < 4.78 is 0. The molecule has 7 rings (SSSR count). The minimum absolute atomic E-state index is 0.235. The molecule has 4 aromatic rings. The van der Waals surface area contributed by atoms with E-state index in [1.807, 2.05) is 73.7 Å². The van der Waals surface area contributed by atoms with Crippen LogP contribution in [0, 0.1) is 6.92 Å². The summed E-state index contributed by atoms with van der Waals surface area (Å²) in [6, 6.07) is 28.9. The lowest BCUT2D eigenvalue weighted by Gasteiger charge is -2.25. The Morgan fingerprint density at radius 2 is 1.59 bits per heavy atom. The second-order valence-electron chi connectivity index (χ2n) is 10.5. The number of carbonyl (C=O) groups excluding carboxylic acids is 3. The van der Waals surface area contributed by atoms with Crippen molar-refractivity contribution in [3.05, 3.63) is 114 Å². The first kappa shape index (κ1) is 24.8. The number of hydrogen-bond donors (Lipinski definition) is 0. The predicted octanol–water partition coefficient (Wildman–Crippen LogP) is 4.82. The van der Waals surface area contributed by atoms with E-state index in [0.29, 0.717) is 12.1 Å². The van der Waals surface area contributed by atoms with Gasteiger partial charge in [0.2, 0.25) is 0 Å². The molecule has 1 fully saturated rings. The maximum Gasteiger partial charge on any atom is 0.264 e. The minimum Gasteiger partial charge on any atom is -0.271 e. The van der Waals surface area contributed by atoms with Crippen LogP contribution in [0.25, 0.3) is 10.8 Å². The van der Waals surface area contributed by atoms with Crippen LogP contribution in [0.5, 0.6) is 0 Å². The lowest BCUT2D eigenvalue weighted by atomic mass is 9.95. The second-order valence-corrected chi connectivity index (χ2v) is 10.5. The molecular formula is C32H26N6O3. The first-order valence-electron chi connectivity index (χ1n) is 13.5. The number of nitrogens with zero attached hydrogens (tertiary/aromatic N) is 6. The van der Waals surface area contributed by atoms with Gasteiger partial charge in [-0.25, -0.2) is 9.91 Å². The van der Waals surface area contributed by atoms with Gasteiger partial charge in [-0.3, -0.25) is 19.4 Å². The highest BCUT2D eigenvalue weighted by Crippen LogP contribution is 2.36. The molecule has 3 atom stereocenters. The van der Waals surface area contributed by atoms with Gasteiger partial charge in [-0.2, -0.15) is 10.2 Å². The molecule has 0 aliphatic carbocycles. The summed E-state index contributed by atoms with van der Waals surface area (Å²) in [7, 11) is 0. The smallest absolute Gasteiger partial charge is 0.264 e. The van der Waals surface area contributed by atoms with Crippen molar-refractivity contribution in [1.29, 1.82) is 0 Å². The van der Waals surface area contributed by atoms with Gasteiger partial charge in [0.1, 0.15) is 6.54 Å². The van der Waals surface area contributed by atoms with Gasteiger partial charge >= 0.3 is 0 Å². The fraction of sp³-hybridized carbons (Fsp3) is 0.188. The average molecular weight is 543 g/mol. The summed E-state index contributed by atoms with van der Waals surface area (Å²) in [5.41, 5.74) is 4.24. The molecule has 202 valence electrons. The van der Waals surface area contributed by atoms with E-state index in [0.717, 1.165) is 38.1 Å². The molecule has 1 saturated heterocycles. The van der Waals surface area contributed by atoms with Crippen LogP contribution < -0.4 is 4.90 Å². The summed E-state index contributed by atoms with van der Waals surface area (Å²) in [6.45, 7) is 1.70. The molecule has 0 bridgehead atoms. The normalized spacial score (nSPS) is 21.6. The molecule has 3 heterocycles. The lowest BCUT2D eigenvalue weighted by Crippen LogP contribution is -2.44. The molecule has 3 amide bonds. The topological polar surface area (TPSA) is 98.0 Å². The molecule has 0 spiro atoms. The number of imide groups is 1. The van der Waals surface area contributed by atoms with E-state index in [9.17, 15) is 14.4 Å². The summed E-state index contributed by atoms with van der Waals surface area (Å²) >= 11 is 0. The molecule has 9 heteroatoms. The van der Waals surface area contributed by atoms with Crippen molar-refractivity contribution in [1.82, 2.24) is 10.0 Å². The third-order valence-electron chi connectivity index (χ3n) is 7.90. The number of benzene rings is 4. The summed E-state index contributed by atoms with van der Waals surface area (Å²) in [5, 5.41) is 18.0. The Bertz CT molecular complexity index is 1750. The lowest BCUT2D eigenvalue weighted by molar-refractivity contribution is -0.135. The molecule has 0 saturated carbocycles. The SMILES string of the molecule is Cc1ccc(N2C(=O)[C@@H]3[C@@H](N=NN3CC(=O)N3N=C(c4cccc5ccccc45)C[C@@H]3c3ccccc3)C2=O)cc1. The first-order chi connectivity index (χ1) is 20.0. The summed E-state index contributed by atoms with van der Waals surface area (Å²) in [4.78, 5) is 41.6. The number of rotatable bonds is 5. The third-order valence-corrected chi connectivity index (χ3v) is 7.90. The maximum atomic E-state index is 13.9. The van der Waals surface area contributed by atoms with E-state index < -0.39 is 23.9 Å². The van der Waals surface area contributed by atoms with Crippen LogP contribution in [-0.2, 0) is 14.4 Å². The van der Waals surface area contributed by atoms with Crippen LogP contribution >= 0.6 is 0 Å². The van der Waals surface area contributed by atoms with Crippen molar-refractivity contribution in [3.8, 4) is 0 Å². The van der Waals surface area contributed by atoms with Crippen molar-refractivity contribution in [3.63, 3.8) is 0 Å². The highest BCUT2D eigenvalue weighted by Gasteiger charge is 2.55. The number of hydrazone groups is 1. The van der Waals surface area contributed by atoms with E-state index >= 15 is 0 Å². The Kier molecular flexibility index (Phi) is 5.92. The monoisotopic (exact) mass is 542 g/mol. The van der Waals surface area contributed by atoms with Crippen molar-refractivity contribution < 1.29 is 14.4 Å². The molecule has 3 aliphatic rings. The Morgan fingerprint density at radius 1 is 0.854 bits per heavy atom. The van der Waals surface area contributed by atoms with Gasteiger partial charge in [-0.15, -0.1) is 0 Å². The van der Waals surface area contributed by atoms with Crippen molar-refractivity contribution in [2.45, 2.75) is 31.5 Å². The molecule has 0 aromatic heterocycles. The highest BCUT2D eigenvalue weighted by molar-refractivity contribution is 6.25. The van der Waals surface area contributed by atoms with Gasteiger partial charge in [-0.1, -0.05) is 95.7 Å². The van der Waals surface area contributed by atoms with Gasteiger partial charge in [0.15, 0.2) is 12.1 Å². The Hall–Kier alpha value is -5.18. The van der Waals surface area contributed by atoms with E-state index in [2.05, 4.69) is 28.5 Å². The molecule has 0 unspecified atom stereocenters. The van der Waals surface area contributed by atoms with Crippen LogP contribution in [0.15, 0.2) is 113 Å². The summed E-state index contributed by atoms with van der Waals surface area (Å²) in [5.74, 6) is -1.22. The number of aryl methyl sites for hydroxylation is 1. The highest BCUT2D eigenvalue weighted by atomic mass is 16.2. The fourth-order valence-electron chi connectivity index (χ4n) is 5.83. The molecular weight excluding hydrogens is 516 g/mol. The number of carbonyl (C=O) groups is 3. The molecule has 4 aromatic carbocycles. The Morgan fingerprint density at radius 3 is 2.39 bits per heavy atom. The van der Waals surface area contributed by atoms with Gasteiger partial charge in [0, 0.05) is 12.0 Å². The van der Waals surface area contributed by atoms with Gasteiger partial charge in [0.25, 0.3) is 17.7 Å². The fourth-order valence-corrected chi connectivity index (χ4v) is 5.83. The predicted molar refractivity (Wildman–Crippen MR) is 154 cm³/mol. The Balaban J connectivity index is 1.18. The molecule has 3 aliphatic heterocycles. The second kappa shape index (κ2) is 9.78. The van der Waals surface area contributed by atoms with Crippen molar-refractivity contribution in [2.24, 2.45) is 15.4 Å². The zero-order valence-corrected chi connectivity index (χ0v) is 22.3. The van der Waals surface area contributed by atoms with E-state index in [-0.39, 0.29) is 18.5 Å². The van der Waals surface area contributed by atoms with Crippen LogP contribution in [0.2, 0.25) is 0 Å². The molecule has 41 heavy (non-hydrogen) atoms. The van der Waals surface area contributed by atoms with Crippen LogP contribution in [0.4, 0.5) is 5.69 Å². The van der Waals surface area contributed by atoms with Crippen molar-refractivity contribution in [2.75, 3.05) is 11.4 Å². The maximum absolute atomic E-state index is 13.9. The van der Waals surface area contributed by atoms with Crippen LogP contribution in [0.1, 0.15) is 29.2 Å². The zero-order chi connectivity index (χ0) is 28.1. The number of amides is 3. The largest absolute Gasteiger partial charge is 0.271 e. The molecule has 0 N–H and O–H groups in total. The van der Waals surface area contributed by atoms with Gasteiger partial charge in [-0.05, 0) is 35.4 Å². The number of fused-ring (bicyclic) bond motifs is 2. The Labute approximate surface area is 236 Å². The van der Waals surface area contributed by atoms with Crippen LogP contribution in [0.3, 0.4) is 0 Å². The van der Waals surface area contributed by atoms with E-state index in [4.69, 9.17) is 5.10 Å². The average Bonchev–Trinajstić information content (AvgIpc) is 3.69. The van der Waals surface area contributed by atoms with Crippen LogP contribution in [-0.4, -0.2) is 52.1 Å². The zero-order valence-electron chi connectivity index (χ0n) is 22.3. The first-order valence-corrected chi connectivity index (χ1v) is 13.5. The number of hydrogen-bond acceptors (Lipinski definition) is 7. The van der Waals surface area contributed by atoms with Gasteiger partial charge in [0.05, 0.1) is 17.4 Å². The number of anilines is 1. The minimum atomic E-state index is -0.977. The van der Waals surface area contributed by atoms with E-state index in [1.165, 1.54) is 10.0 Å². The molecule has 9 nitrogen and oxygen atoms in total. The third kappa shape index (κ3) is 4.17. The standard InChI is InChI=1S/C32H26N6O3/c1-20-14-16-23(17-15-20)37-31(40)29-30(32(37)41)36(35-33-29)19-28(39)38-27(22-9-3-2-4-10-22)18-26(34-38)25-13-7-11-21-8-5-6-12-24(21)25/h2-17,27,29-30H,18-19H2,1H3/t27-,29-,30+/m1/s1. The van der Waals surface area contributed by atoms with Crippen molar-refractivity contribution >= 4 is 39.9 Å². The van der Waals surface area contributed by atoms with Gasteiger partial charge < -0.3 is 0 Å². The molecule has 0 radical (unpaired) electrons. The quantitative estimate of drug-likeness (QED) is 0.338. The summed E-state index contributed by atoms with van der Waals surface area (Å²) in [6.07, 6.45) is 0.538. The van der Waals surface area contributed by atoms with E-state index in [1.54, 1.807) is 12.1 Å².